The molecule has 0 radical (unpaired) electrons. The number of nitrogens with one attached hydrogen (secondary N) is 2. The summed E-state index contributed by atoms with van der Waals surface area (Å²) >= 11 is 6.33. The van der Waals surface area contributed by atoms with Crippen LogP contribution >= 0.6 is 11.6 Å². The van der Waals surface area contributed by atoms with Gasteiger partial charge in [-0.05, 0) is 36.6 Å². The predicted octanol–water partition coefficient (Wildman–Crippen LogP) is 2.70. The largest absolute Gasteiger partial charge is 0.389 e. The van der Waals surface area contributed by atoms with Crippen molar-refractivity contribution >= 4 is 40.4 Å². The van der Waals surface area contributed by atoms with E-state index in [1.165, 1.54) is 17.0 Å². The summed E-state index contributed by atoms with van der Waals surface area (Å²) < 4.78 is 13.8. The van der Waals surface area contributed by atoms with Gasteiger partial charge < -0.3 is 14.9 Å². The van der Waals surface area contributed by atoms with E-state index in [0.29, 0.717) is 39.9 Å². The second-order valence-corrected chi connectivity index (χ2v) is 7.92. The second-order valence-electron chi connectivity index (χ2n) is 7.51. The number of nitrogens with zero attached hydrogens (tertiary/aromatic N) is 5. The summed E-state index contributed by atoms with van der Waals surface area (Å²) in [5, 5.41) is 19.5. The number of β-amino-alcohol motifs (C(OH)–C–C–N with tert-alkyl or cyclic N) is 1. The van der Waals surface area contributed by atoms with Crippen molar-refractivity contribution in [3.63, 3.8) is 0 Å². The Balaban J connectivity index is 1.44. The molecule has 9 nitrogen and oxygen atoms in total. The third-order valence-corrected chi connectivity index (χ3v) is 5.83. The number of aromatic amines is 1. The molecule has 4 heterocycles. The number of fused-ring (bicyclic) bond motifs is 1. The molecule has 2 aliphatic heterocycles. The van der Waals surface area contributed by atoms with Crippen LogP contribution in [-0.4, -0.2) is 61.9 Å². The highest BCUT2D eigenvalue weighted by atomic mass is 35.5. The van der Waals surface area contributed by atoms with E-state index in [2.05, 4.69) is 25.5 Å². The van der Waals surface area contributed by atoms with Crippen LogP contribution in [0.1, 0.15) is 24.4 Å². The molecule has 0 spiro atoms. The van der Waals surface area contributed by atoms with Gasteiger partial charge in [0.15, 0.2) is 5.82 Å². The Hall–Kier alpha value is -2.98. The molecule has 2 aromatic heterocycles. The number of amides is 2. The van der Waals surface area contributed by atoms with Crippen molar-refractivity contribution < 1.29 is 14.3 Å². The summed E-state index contributed by atoms with van der Waals surface area (Å²) in [5.41, 5.74) is 1.76. The molecule has 2 amide bonds. The van der Waals surface area contributed by atoms with Crippen molar-refractivity contribution in [2.24, 2.45) is 0 Å². The number of urea groups is 1. The number of carbonyl (C=O) groups excluding carboxylic acids is 1. The Morgan fingerprint density at radius 2 is 2.20 bits per heavy atom. The Kier molecular flexibility index (Phi) is 4.67. The van der Waals surface area contributed by atoms with E-state index in [1.807, 2.05) is 4.90 Å². The lowest BCUT2D eigenvalue weighted by Crippen LogP contribution is -2.54. The molecule has 11 heteroatoms. The van der Waals surface area contributed by atoms with E-state index in [9.17, 15) is 14.3 Å². The summed E-state index contributed by atoms with van der Waals surface area (Å²) in [7, 11) is 0. The minimum Gasteiger partial charge on any atom is -0.389 e. The van der Waals surface area contributed by atoms with Crippen LogP contribution in [0.3, 0.4) is 0 Å². The van der Waals surface area contributed by atoms with Gasteiger partial charge in [-0.3, -0.25) is 10.4 Å². The van der Waals surface area contributed by atoms with Crippen molar-refractivity contribution in [3.8, 4) is 0 Å². The van der Waals surface area contributed by atoms with Crippen LogP contribution < -0.4 is 10.2 Å². The van der Waals surface area contributed by atoms with Gasteiger partial charge in [-0.25, -0.2) is 19.2 Å². The van der Waals surface area contributed by atoms with Crippen molar-refractivity contribution in [2.45, 2.75) is 25.0 Å². The maximum Gasteiger partial charge on any atom is 0.323 e. The number of halogens is 2. The fourth-order valence-electron chi connectivity index (χ4n) is 3.93. The maximum atomic E-state index is 13.8. The molecule has 0 saturated carbocycles. The molecule has 1 unspecified atom stereocenters. The van der Waals surface area contributed by atoms with Crippen molar-refractivity contribution in [1.29, 1.82) is 0 Å². The zero-order valence-corrected chi connectivity index (χ0v) is 16.6. The van der Waals surface area contributed by atoms with Gasteiger partial charge in [-0.2, -0.15) is 5.10 Å². The van der Waals surface area contributed by atoms with Gasteiger partial charge in [0.1, 0.15) is 16.9 Å². The number of benzene rings is 1. The zero-order valence-electron chi connectivity index (χ0n) is 15.8. The molecule has 3 N–H and O–H groups in total. The molecule has 0 aliphatic carbocycles. The number of likely N-dealkylation sites (tertiary alicyclic amines) is 1. The predicted molar refractivity (Wildman–Crippen MR) is 109 cm³/mol. The molecule has 1 atom stereocenters. The second kappa shape index (κ2) is 7.37. The molecule has 2 saturated heterocycles. The number of hydrogen-bond donors (Lipinski definition) is 3. The number of aliphatic hydroxyl groups is 1. The molecule has 3 aromatic rings. The Bertz CT molecular complexity index is 1120. The monoisotopic (exact) mass is 431 g/mol. The average Bonchev–Trinajstić information content (AvgIpc) is 3.34. The van der Waals surface area contributed by atoms with Crippen LogP contribution in [0.4, 0.5) is 21.0 Å². The van der Waals surface area contributed by atoms with Gasteiger partial charge in [0.05, 0.1) is 31.4 Å². The van der Waals surface area contributed by atoms with Crippen LogP contribution in [0.2, 0.25) is 5.02 Å². The molecule has 1 aromatic carbocycles. The highest BCUT2D eigenvalue weighted by Gasteiger charge is 2.31. The molecule has 5 rings (SSSR count). The quantitative estimate of drug-likeness (QED) is 0.588. The topological polar surface area (TPSA) is 110 Å². The van der Waals surface area contributed by atoms with E-state index in [-0.39, 0.29) is 31.0 Å². The molecular formula is C19H19ClFN7O2. The first-order chi connectivity index (χ1) is 14.5. The molecule has 0 bridgehead atoms. The number of anilines is 2. The van der Waals surface area contributed by atoms with Crippen molar-refractivity contribution in [3.05, 3.63) is 40.8 Å². The van der Waals surface area contributed by atoms with Gasteiger partial charge in [-0.1, -0.05) is 11.6 Å². The number of rotatable bonds is 3. The van der Waals surface area contributed by atoms with Gasteiger partial charge in [-0.15, -0.1) is 0 Å². The standard InChI is InChI=1S/C19H19ClFN7O2/c20-13-4-3-10(21)6-12(13)15-2-1-5-28(15)18-22-7-14-16(23-18)17(26-25-14)24-19(30)27-8-11(29)9-27/h3-4,6-7,11,15,29H,1-2,5,8-9H2,(H2,24,25,26,30). The fourth-order valence-corrected chi connectivity index (χ4v) is 4.17. The van der Waals surface area contributed by atoms with E-state index >= 15 is 0 Å². The van der Waals surface area contributed by atoms with Crippen LogP contribution in [0.15, 0.2) is 24.4 Å². The summed E-state index contributed by atoms with van der Waals surface area (Å²) in [4.78, 5) is 24.8. The fraction of sp³-hybridized carbons (Fsp3) is 0.368. The number of aliphatic hydroxyl groups excluding tert-OH is 1. The van der Waals surface area contributed by atoms with Crippen molar-refractivity contribution in [1.82, 2.24) is 25.1 Å². The molecular weight excluding hydrogens is 413 g/mol. The first-order valence-electron chi connectivity index (χ1n) is 9.66. The number of aromatic nitrogens is 4. The molecule has 2 fully saturated rings. The average molecular weight is 432 g/mol. The third-order valence-electron chi connectivity index (χ3n) is 5.49. The van der Waals surface area contributed by atoms with E-state index in [4.69, 9.17) is 11.6 Å². The number of carbonyl (C=O) groups is 1. The van der Waals surface area contributed by atoms with Crippen LogP contribution in [0, 0.1) is 5.82 Å². The highest BCUT2D eigenvalue weighted by Crippen LogP contribution is 2.38. The lowest BCUT2D eigenvalue weighted by atomic mass is 10.0. The summed E-state index contributed by atoms with van der Waals surface area (Å²) in [6.45, 7) is 1.28. The minimum absolute atomic E-state index is 0.141. The lowest BCUT2D eigenvalue weighted by molar-refractivity contribution is 0.0308. The normalized spacial score (nSPS) is 19.4. The number of H-pyrrole nitrogens is 1. The molecule has 2 aliphatic rings. The molecule has 156 valence electrons. The zero-order chi connectivity index (χ0) is 20.8. The lowest BCUT2D eigenvalue weighted by Gasteiger charge is -2.35. The van der Waals surface area contributed by atoms with Gasteiger partial charge in [0.2, 0.25) is 5.95 Å². The smallest absolute Gasteiger partial charge is 0.323 e. The first kappa shape index (κ1) is 19.0. The first-order valence-corrected chi connectivity index (χ1v) is 10.0. The van der Waals surface area contributed by atoms with Gasteiger partial charge in [0.25, 0.3) is 0 Å². The van der Waals surface area contributed by atoms with Crippen LogP contribution in [0.25, 0.3) is 11.0 Å². The summed E-state index contributed by atoms with van der Waals surface area (Å²) in [5.74, 6) is 0.412. The van der Waals surface area contributed by atoms with E-state index < -0.39 is 6.10 Å². The van der Waals surface area contributed by atoms with Gasteiger partial charge >= 0.3 is 6.03 Å². The number of hydrogen-bond acceptors (Lipinski definition) is 6. The van der Waals surface area contributed by atoms with E-state index in [1.54, 1.807) is 12.3 Å². The third kappa shape index (κ3) is 3.31. The van der Waals surface area contributed by atoms with Gasteiger partial charge in [0, 0.05) is 11.6 Å². The Morgan fingerprint density at radius 1 is 1.37 bits per heavy atom. The summed E-state index contributed by atoms with van der Waals surface area (Å²) in [6, 6.07) is 3.86. The van der Waals surface area contributed by atoms with Crippen LogP contribution in [0.5, 0.6) is 0 Å². The van der Waals surface area contributed by atoms with E-state index in [0.717, 1.165) is 12.8 Å². The molecule has 30 heavy (non-hydrogen) atoms. The SMILES string of the molecule is O=C(Nc1n[nH]c2cnc(N3CCCC3c3cc(F)ccc3Cl)nc12)N1CC(O)C1. The highest BCUT2D eigenvalue weighted by molar-refractivity contribution is 6.31. The van der Waals surface area contributed by atoms with Crippen LogP contribution in [-0.2, 0) is 0 Å². The summed E-state index contributed by atoms with van der Waals surface area (Å²) in [6.07, 6.45) is 2.82. The Labute approximate surface area is 175 Å². The Morgan fingerprint density at radius 3 is 3.00 bits per heavy atom. The maximum absolute atomic E-state index is 13.8. The van der Waals surface area contributed by atoms with Crippen molar-refractivity contribution in [2.75, 3.05) is 29.9 Å². The minimum atomic E-state index is -0.484.